The Morgan fingerprint density at radius 1 is 0.950 bits per heavy atom. The molecule has 1 saturated carbocycles. The van der Waals surface area contributed by atoms with Gasteiger partial charge in [0.1, 0.15) is 11.9 Å². The van der Waals surface area contributed by atoms with Gasteiger partial charge in [-0.3, -0.25) is 9.18 Å². The zero-order valence-corrected chi connectivity index (χ0v) is 24.0. The molecule has 3 aromatic rings. The zero-order valence-electron chi connectivity index (χ0n) is 23.2. The second-order valence-corrected chi connectivity index (χ2v) is 11.3. The summed E-state index contributed by atoms with van der Waals surface area (Å²) in [5.74, 6) is 0.735. The first kappa shape index (κ1) is 28.0. The van der Waals surface area contributed by atoms with E-state index in [4.69, 9.17) is 28.1 Å². The van der Waals surface area contributed by atoms with E-state index in [2.05, 4.69) is 9.97 Å². The number of aromatic nitrogens is 2. The molecule has 0 saturated heterocycles. The summed E-state index contributed by atoms with van der Waals surface area (Å²) in [6.07, 6.45) is 1.45. The van der Waals surface area contributed by atoms with Gasteiger partial charge < -0.3 is 18.9 Å². The standard InChI is InChI=1S/C29H33N3O7S/c1-6-38-27-24(39-40(33,34)19-10-7-17(2)8-11-19)14-13-23-25(27)20-12-9-18(35-3)15-21(20)26(31-23)22-16-30-29(37-5)32-28(22)36-4/h7-12,15-16,23-25,27H,6,13-14H2,1-5H3/t23-,24-,25-,27?/m1/s1. The molecule has 0 radical (unpaired) electrons. The van der Waals surface area contributed by atoms with Crippen LogP contribution >= 0.6 is 0 Å². The first-order valence-electron chi connectivity index (χ1n) is 13.1. The number of aryl methyl sites for hydroxylation is 1. The molecular formula is C29H33N3O7S. The van der Waals surface area contributed by atoms with Gasteiger partial charge in [-0.1, -0.05) is 23.8 Å². The van der Waals surface area contributed by atoms with Crippen LogP contribution in [-0.2, 0) is 19.0 Å². The van der Waals surface area contributed by atoms with Crippen molar-refractivity contribution in [2.24, 2.45) is 4.99 Å². The molecule has 5 rings (SSSR count). The van der Waals surface area contributed by atoms with Crippen LogP contribution in [0, 0.1) is 6.92 Å². The van der Waals surface area contributed by atoms with Crippen molar-refractivity contribution in [1.82, 2.24) is 9.97 Å². The molecule has 0 amide bonds. The average molecular weight is 568 g/mol. The lowest BCUT2D eigenvalue weighted by Gasteiger charge is -2.43. The molecule has 10 nitrogen and oxygen atoms in total. The maximum Gasteiger partial charge on any atom is 0.319 e. The molecule has 40 heavy (non-hydrogen) atoms. The van der Waals surface area contributed by atoms with Crippen LogP contribution in [0.1, 0.15) is 47.9 Å². The molecule has 2 aromatic carbocycles. The first-order chi connectivity index (χ1) is 19.3. The van der Waals surface area contributed by atoms with Gasteiger partial charge >= 0.3 is 6.01 Å². The van der Waals surface area contributed by atoms with Gasteiger partial charge in [-0.15, -0.1) is 0 Å². The predicted molar refractivity (Wildman–Crippen MR) is 148 cm³/mol. The van der Waals surface area contributed by atoms with Gasteiger partial charge in [-0.25, -0.2) is 4.98 Å². The van der Waals surface area contributed by atoms with Gasteiger partial charge in [0, 0.05) is 24.3 Å². The third-order valence-corrected chi connectivity index (χ3v) is 8.68. The molecule has 0 bridgehead atoms. The Morgan fingerprint density at radius 3 is 2.40 bits per heavy atom. The maximum atomic E-state index is 13.3. The number of nitrogens with zero attached hydrogens (tertiary/aromatic N) is 3. The average Bonchev–Trinajstić information content (AvgIpc) is 2.97. The predicted octanol–water partition coefficient (Wildman–Crippen LogP) is 4.09. The van der Waals surface area contributed by atoms with Gasteiger partial charge in [-0.05, 0) is 56.5 Å². The highest BCUT2D eigenvalue weighted by Gasteiger charge is 2.47. The Balaban J connectivity index is 1.57. The maximum absolute atomic E-state index is 13.3. The molecule has 1 unspecified atom stereocenters. The highest BCUT2D eigenvalue weighted by Crippen LogP contribution is 2.45. The minimum Gasteiger partial charge on any atom is -0.497 e. The van der Waals surface area contributed by atoms with E-state index in [0.717, 1.165) is 16.7 Å². The first-order valence-corrected chi connectivity index (χ1v) is 14.5. The number of ether oxygens (including phenoxy) is 4. The summed E-state index contributed by atoms with van der Waals surface area (Å²) in [6, 6.07) is 12.4. The van der Waals surface area contributed by atoms with E-state index in [0.29, 0.717) is 42.4 Å². The molecule has 11 heteroatoms. The van der Waals surface area contributed by atoms with Crippen molar-refractivity contribution in [2.75, 3.05) is 27.9 Å². The van der Waals surface area contributed by atoms with Crippen LogP contribution in [-0.4, -0.2) is 70.3 Å². The number of hydrogen-bond acceptors (Lipinski definition) is 10. The summed E-state index contributed by atoms with van der Waals surface area (Å²) >= 11 is 0. The summed E-state index contributed by atoms with van der Waals surface area (Å²) in [5, 5.41) is 0. The van der Waals surface area contributed by atoms with Crippen molar-refractivity contribution in [1.29, 1.82) is 0 Å². The summed E-state index contributed by atoms with van der Waals surface area (Å²) < 4.78 is 54.9. The minimum absolute atomic E-state index is 0.121. The Labute approximate surface area is 234 Å². The molecule has 1 aliphatic heterocycles. The number of benzene rings is 2. The van der Waals surface area contributed by atoms with Crippen molar-refractivity contribution in [3.05, 3.63) is 70.9 Å². The Morgan fingerprint density at radius 2 is 1.73 bits per heavy atom. The summed E-state index contributed by atoms with van der Waals surface area (Å²) in [7, 11) is 0.623. The van der Waals surface area contributed by atoms with Crippen LogP contribution < -0.4 is 14.2 Å². The van der Waals surface area contributed by atoms with Crippen molar-refractivity contribution in [2.45, 2.75) is 55.8 Å². The summed E-state index contributed by atoms with van der Waals surface area (Å²) in [4.78, 5) is 13.9. The van der Waals surface area contributed by atoms with Crippen molar-refractivity contribution >= 4 is 15.8 Å². The number of hydrogen-bond donors (Lipinski definition) is 0. The fourth-order valence-electron chi connectivity index (χ4n) is 5.46. The molecule has 1 fully saturated rings. The Hall–Kier alpha value is -3.54. The second kappa shape index (κ2) is 11.5. The van der Waals surface area contributed by atoms with Crippen LogP contribution in [0.25, 0.3) is 0 Å². The highest BCUT2D eigenvalue weighted by molar-refractivity contribution is 7.86. The molecule has 4 atom stereocenters. The fraction of sp³-hybridized carbons (Fsp3) is 0.414. The van der Waals surface area contributed by atoms with E-state index in [-0.39, 0.29) is 22.9 Å². The highest BCUT2D eigenvalue weighted by atomic mass is 32.2. The molecule has 212 valence electrons. The van der Waals surface area contributed by atoms with Crippen LogP contribution in [0.4, 0.5) is 0 Å². The van der Waals surface area contributed by atoms with Crippen molar-refractivity contribution < 1.29 is 31.5 Å². The summed E-state index contributed by atoms with van der Waals surface area (Å²) in [5.41, 5.74) is 4.00. The van der Waals surface area contributed by atoms with Crippen LogP contribution in [0.15, 0.2) is 58.5 Å². The van der Waals surface area contributed by atoms with E-state index in [1.165, 1.54) is 14.2 Å². The molecule has 1 aromatic heterocycles. The Bertz CT molecular complexity index is 1510. The number of aliphatic imine (C=N–C) groups is 1. The normalized spacial score (nSPS) is 22.1. The molecule has 0 spiro atoms. The molecular weight excluding hydrogens is 534 g/mol. The van der Waals surface area contributed by atoms with E-state index in [1.807, 2.05) is 32.0 Å². The monoisotopic (exact) mass is 567 g/mol. The van der Waals surface area contributed by atoms with Crippen molar-refractivity contribution in [3.63, 3.8) is 0 Å². The van der Waals surface area contributed by atoms with Crippen LogP contribution in [0.2, 0.25) is 0 Å². The lowest BCUT2D eigenvalue weighted by Crippen LogP contribution is -2.48. The number of fused-ring (bicyclic) bond motifs is 3. The molecule has 0 N–H and O–H groups in total. The SMILES string of the molecule is CCOC1[C@H](OS(=O)(=O)c2ccc(C)cc2)CC[C@H]2N=C(c3cnc(OC)nc3OC)c3cc(OC)ccc3[C@@H]12. The second-order valence-electron chi connectivity index (χ2n) is 9.70. The smallest absolute Gasteiger partial charge is 0.319 e. The largest absolute Gasteiger partial charge is 0.497 e. The van der Waals surface area contributed by atoms with Gasteiger partial charge in [0.25, 0.3) is 10.1 Å². The van der Waals surface area contributed by atoms with Crippen LogP contribution in [0.3, 0.4) is 0 Å². The van der Waals surface area contributed by atoms with Gasteiger partial charge in [0.2, 0.25) is 5.88 Å². The van der Waals surface area contributed by atoms with Gasteiger partial charge in [0.15, 0.2) is 0 Å². The van der Waals surface area contributed by atoms with E-state index < -0.39 is 22.3 Å². The third-order valence-electron chi connectivity index (χ3n) is 7.33. The van der Waals surface area contributed by atoms with Gasteiger partial charge in [0.05, 0.1) is 49.6 Å². The Kier molecular flexibility index (Phi) is 8.07. The quantitative estimate of drug-likeness (QED) is 0.352. The number of methoxy groups -OCH3 is 3. The lowest BCUT2D eigenvalue weighted by atomic mass is 9.72. The summed E-state index contributed by atoms with van der Waals surface area (Å²) in [6.45, 7) is 4.18. The van der Waals surface area contributed by atoms with Crippen molar-refractivity contribution in [3.8, 4) is 17.6 Å². The topological polar surface area (TPSA) is 118 Å². The van der Waals surface area contributed by atoms with E-state index in [9.17, 15) is 8.42 Å². The fourth-order valence-corrected chi connectivity index (χ4v) is 6.57. The molecule has 2 heterocycles. The zero-order chi connectivity index (χ0) is 28.4. The third kappa shape index (κ3) is 5.28. The molecule has 1 aliphatic carbocycles. The molecule has 2 aliphatic rings. The minimum atomic E-state index is -4.00. The van der Waals surface area contributed by atoms with Crippen LogP contribution in [0.5, 0.6) is 17.6 Å². The number of rotatable bonds is 9. The lowest BCUT2D eigenvalue weighted by molar-refractivity contribution is -0.0584. The van der Waals surface area contributed by atoms with E-state index in [1.54, 1.807) is 37.6 Å². The van der Waals surface area contributed by atoms with Gasteiger partial charge in [-0.2, -0.15) is 13.4 Å². The van der Waals surface area contributed by atoms with E-state index >= 15 is 0 Å².